The summed E-state index contributed by atoms with van der Waals surface area (Å²) < 4.78 is 14.4. The molecule has 1 fully saturated rings. The predicted molar refractivity (Wildman–Crippen MR) is 65.9 cm³/mol. The van der Waals surface area contributed by atoms with Crippen molar-refractivity contribution in [3.05, 3.63) is 22.6 Å². The lowest BCUT2D eigenvalue weighted by atomic mass is 9.96. The van der Waals surface area contributed by atoms with E-state index in [4.69, 9.17) is 5.73 Å². The van der Waals surface area contributed by atoms with Gasteiger partial charge in [0.1, 0.15) is 0 Å². The van der Waals surface area contributed by atoms with Crippen LogP contribution in [0.4, 0.5) is 10.2 Å². The van der Waals surface area contributed by atoms with Crippen molar-refractivity contribution in [1.29, 1.82) is 0 Å². The Morgan fingerprint density at radius 1 is 1.56 bits per heavy atom. The summed E-state index contributed by atoms with van der Waals surface area (Å²) in [6.07, 6.45) is 2.61. The quantitative estimate of drug-likeness (QED) is 0.861. The first-order chi connectivity index (χ1) is 7.56. The minimum atomic E-state index is -0.296. The number of rotatable bonds is 1. The molecule has 2 N–H and O–H groups in total. The van der Waals surface area contributed by atoms with Crippen molar-refractivity contribution in [1.82, 2.24) is 4.98 Å². The smallest absolute Gasteiger partial charge is 0.166 e. The van der Waals surface area contributed by atoms with Crippen LogP contribution in [0.1, 0.15) is 13.3 Å². The van der Waals surface area contributed by atoms with E-state index in [1.165, 1.54) is 6.07 Å². The number of nitrogens with zero attached hydrogens (tertiary/aromatic N) is 2. The molecule has 0 bridgehead atoms. The van der Waals surface area contributed by atoms with Crippen molar-refractivity contribution in [3.8, 4) is 0 Å². The van der Waals surface area contributed by atoms with Crippen molar-refractivity contribution in [2.24, 2.45) is 11.7 Å². The molecule has 0 saturated carbocycles. The lowest BCUT2D eigenvalue weighted by Crippen LogP contribution is -2.47. The fraction of sp³-hybridized carbons (Fsp3) is 0.545. The third-order valence-corrected chi connectivity index (χ3v) is 3.21. The standard InChI is InChI=1S/C11H15BrFN3/c1-7-2-9(14)6-16(5-7)11-10(13)3-8(12)4-15-11/h3-4,7,9H,2,5-6,14H2,1H3. The molecule has 1 aliphatic heterocycles. The van der Waals surface area contributed by atoms with Gasteiger partial charge in [-0.3, -0.25) is 0 Å². The van der Waals surface area contributed by atoms with E-state index >= 15 is 0 Å². The maximum Gasteiger partial charge on any atom is 0.166 e. The maximum atomic E-state index is 13.7. The topological polar surface area (TPSA) is 42.1 Å². The van der Waals surface area contributed by atoms with Crippen LogP contribution in [-0.2, 0) is 0 Å². The molecule has 3 nitrogen and oxygen atoms in total. The van der Waals surface area contributed by atoms with Crippen molar-refractivity contribution < 1.29 is 4.39 Å². The Bertz CT molecular complexity index is 375. The molecule has 88 valence electrons. The summed E-state index contributed by atoms with van der Waals surface area (Å²) in [6, 6.07) is 1.54. The summed E-state index contributed by atoms with van der Waals surface area (Å²) in [5.41, 5.74) is 5.93. The number of hydrogen-bond acceptors (Lipinski definition) is 3. The van der Waals surface area contributed by atoms with Gasteiger partial charge in [0.25, 0.3) is 0 Å². The minimum absolute atomic E-state index is 0.105. The number of aromatic nitrogens is 1. The van der Waals surface area contributed by atoms with Gasteiger partial charge in [0.2, 0.25) is 0 Å². The zero-order chi connectivity index (χ0) is 11.7. The lowest BCUT2D eigenvalue weighted by Gasteiger charge is -2.35. The zero-order valence-electron chi connectivity index (χ0n) is 9.16. The van der Waals surface area contributed by atoms with E-state index in [1.807, 2.05) is 4.90 Å². The van der Waals surface area contributed by atoms with Crippen LogP contribution < -0.4 is 10.6 Å². The van der Waals surface area contributed by atoms with Crippen LogP contribution >= 0.6 is 15.9 Å². The first-order valence-corrected chi connectivity index (χ1v) is 6.17. The second-order valence-corrected chi connectivity index (χ2v) is 5.38. The molecule has 16 heavy (non-hydrogen) atoms. The fourth-order valence-corrected chi connectivity index (χ4v) is 2.52. The summed E-state index contributed by atoms with van der Waals surface area (Å²) in [5.74, 6) is 0.592. The van der Waals surface area contributed by atoms with Crippen LogP contribution in [0, 0.1) is 11.7 Å². The van der Waals surface area contributed by atoms with Gasteiger partial charge in [0, 0.05) is 29.8 Å². The van der Waals surface area contributed by atoms with Gasteiger partial charge in [-0.2, -0.15) is 0 Å². The van der Waals surface area contributed by atoms with E-state index < -0.39 is 0 Å². The lowest BCUT2D eigenvalue weighted by molar-refractivity contribution is 0.396. The summed E-state index contributed by atoms with van der Waals surface area (Å²) in [6.45, 7) is 3.62. The molecule has 0 radical (unpaired) electrons. The Kier molecular flexibility index (Phi) is 3.44. The van der Waals surface area contributed by atoms with Crippen LogP contribution in [0.5, 0.6) is 0 Å². The molecule has 0 spiro atoms. The van der Waals surface area contributed by atoms with E-state index in [2.05, 4.69) is 27.8 Å². The number of hydrogen-bond donors (Lipinski definition) is 1. The highest BCUT2D eigenvalue weighted by molar-refractivity contribution is 9.10. The maximum absolute atomic E-state index is 13.7. The summed E-state index contributed by atoms with van der Waals surface area (Å²) in [7, 11) is 0. The van der Waals surface area contributed by atoms with Gasteiger partial charge in [0.05, 0.1) is 0 Å². The molecule has 2 unspecified atom stereocenters. The van der Waals surface area contributed by atoms with Crippen molar-refractivity contribution in [2.75, 3.05) is 18.0 Å². The summed E-state index contributed by atoms with van der Waals surface area (Å²) in [5, 5.41) is 0. The number of pyridine rings is 1. The van der Waals surface area contributed by atoms with Gasteiger partial charge < -0.3 is 10.6 Å². The Balaban J connectivity index is 2.23. The molecule has 1 aliphatic rings. The highest BCUT2D eigenvalue weighted by Crippen LogP contribution is 2.24. The normalized spacial score (nSPS) is 25.9. The van der Waals surface area contributed by atoms with Crippen molar-refractivity contribution in [2.45, 2.75) is 19.4 Å². The Labute approximate surface area is 103 Å². The largest absolute Gasteiger partial charge is 0.352 e. The van der Waals surface area contributed by atoms with Gasteiger partial charge in [-0.05, 0) is 34.3 Å². The molecule has 2 heterocycles. The second kappa shape index (κ2) is 4.67. The molecule has 5 heteroatoms. The summed E-state index contributed by atoms with van der Waals surface area (Å²) >= 11 is 3.20. The van der Waals surface area contributed by atoms with Crippen molar-refractivity contribution in [3.63, 3.8) is 0 Å². The minimum Gasteiger partial charge on any atom is -0.352 e. The highest BCUT2D eigenvalue weighted by atomic mass is 79.9. The van der Waals surface area contributed by atoms with E-state index in [0.29, 0.717) is 22.8 Å². The number of piperidine rings is 1. The third kappa shape index (κ3) is 2.52. The van der Waals surface area contributed by atoms with Gasteiger partial charge in [0.15, 0.2) is 11.6 Å². The van der Waals surface area contributed by atoms with Crippen LogP contribution in [0.3, 0.4) is 0 Å². The van der Waals surface area contributed by atoms with Crippen LogP contribution in [0.15, 0.2) is 16.7 Å². The number of nitrogens with two attached hydrogens (primary N) is 1. The molecule has 1 aromatic heterocycles. The average molecular weight is 288 g/mol. The first-order valence-electron chi connectivity index (χ1n) is 5.38. The monoisotopic (exact) mass is 287 g/mol. The SMILES string of the molecule is CC1CC(N)CN(c2ncc(Br)cc2F)C1. The van der Waals surface area contributed by atoms with Gasteiger partial charge >= 0.3 is 0 Å². The van der Waals surface area contributed by atoms with Crippen molar-refractivity contribution >= 4 is 21.7 Å². The molecule has 2 rings (SSSR count). The molecule has 1 saturated heterocycles. The van der Waals surface area contributed by atoms with E-state index in [-0.39, 0.29) is 11.9 Å². The zero-order valence-corrected chi connectivity index (χ0v) is 10.7. The van der Waals surface area contributed by atoms with Gasteiger partial charge in [-0.25, -0.2) is 9.37 Å². The molecule has 0 aliphatic carbocycles. The van der Waals surface area contributed by atoms with E-state index in [0.717, 1.165) is 13.0 Å². The number of anilines is 1. The molecular weight excluding hydrogens is 273 g/mol. The van der Waals surface area contributed by atoms with E-state index in [9.17, 15) is 4.39 Å². The summed E-state index contributed by atoms with van der Waals surface area (Å²) in [4.78, 5) is 6.05. The average Bonchev–Trinajstić information content (AvgIpc) is 2.15. The predicted octanol–water partition coefficient (Wildman–Crippen LogP) is 2.16. The molecular formula is C11H15BrFN3. The Morgan fingerprint density at radius 3 is 2.94 bits per heavy atom. The van der Waals surface area contributed by atoms with Gasteiger partial charge in [-0.15, -0.1) is 0 Å². The first kappa shape index (κ1) is 11.8. The molecule has 2 atom stereocenters. The van der Waals surface area contributed by atoms with Crippen LogP contribution in [0.25, 0.3) is 0 Å². The van der Waals surface area contributed by atoms with Crippen LogP contribution in [0.2, 0.25) is 0 Å². The molecule has 0 aromatic carbocycles. The number of halogens is 2. The molecule has 0 amide bonds. The highest BCUT2D eigenvalue weighted by Gasteiger charge is 2.24. The van der Waals surface area contributed by atoms with Crippen LogP contribution in [-0.4, -0.2) is 24.1 Å². The molecule has 1 aromatic rings. The third-order valence-electron chi connectivity index (χ3n) is 2.78. The Hall–Kier alpha value is -0.680. The Morgan fingerprint density at radius 2 is 2.31 bits per heavy atom. The van der Waals surface area contributed by atoms with E-state index in [1.54, 1.807) is 6.20 Å². The van der Waals surface area contributed by atoms with Gasteiger partial charge in [-0.1, -0.05) is 6.92 Å². The fourth-order valence-electron chi connectivity index (χ4n) is 2.21. The second-order valence-electron chi connectivity index (χ2n) is 4.46.